The van der Waals surface area contributed by atoms with Gasteiger partial charge in [-0.2, -0.15) is 5.10 Å². The van der Waals surface area contributed by atoms with E-state index in [0.717, 1.165) is 74.2 Å². The number of fused-ring (bicyclic) bond motifs is 3. The molecular weight excluding hydrogens is 532 g/mol. The number of aryl methyl sites for hydroxylation is 1. The largest absolute Gasteiger partial charge is 0.496 e. The molecule has 2 heterocycles. The molecule has 2 bridgehead atoms. The van der Waals surface area contributed by atoms with Gasteiger partial charge in [-0.3, -0.25) is 14.4 Å². The van der Waals surface area contributed by atoms with Crippen LogP contribution in [-0.2, 0) is 15.7 Å². The summed E-state index contributed by atoms with van der Waals surface area (Å²) in [7, 11) is 1.75. The smallest absolute Gasteiger partial charge is 0.231 e. The van der Waals surface area contributed by atoms with E-state index < -0.39 is 0 Å². The zero-order valence-electron chi connectivity index (χ0n) is 26.4. The van der Waals surface area contributed by atoms with E-state index in [9.17, 15) is 4.79 Å². The number of benzene rings is 1. The Morgan fingerprint density at radius 1 is 0.953 bits per heavy atom. The Balaban J connectivity index is 1.15. The molecular formula is C37H48N4O2. The first kappa shape index (κ1) is 28.6. The van der Waals surface area contributed by atoms with Gasteiger partial charge in [-0.1, -0.05) is 31.4 Å². The van der Waals surface area contributed by atoms with E-state index >= 15 is 0 Å². The number of rotatable bonds is 8. The molecule has 3 aromatic rings. The summed E-state index contributed by atoms with van der Waals surface area (Å²) >= 11 is 0. The first-order valence-corrected chi connectivity index (χ1v) is 16.8. The van der Waals surface area contributed by atoms with Crippen LogP contribution in [0.3, 0.4) is 0 Å². The molecule has 228 valence electrons. The summed E-state index contributed by atoms with van der Waals surface area (Å²) in [4.78, 5) is 21.3. The van der Waals surface area contributed by atoms with Crippen LogP contribution in [0, 0.1) is 18.3 Å². The number of pyridine rings is 1. The monoisotopic (exact) mass is 580 g/mol. The predicted molar refractivity (Wildman–Crippen MR) is 171 cm³/mol. The van der Waals surface area contributed by atoms with Gasteiger partial charge in [0.2, 0.25) is 5.91 Å². The molecule has 0 N–H and O–H groups in total. The zero-order chi connectivity index (χ0) is 29.7. The lowest BCUT2D eigenvalue weighted by Crippen LogP contribution is -2.51. The third-order valence-electron chi connectivity index (χ3n) is 12.0. The Morgan fingerprint density at radius 3 is 2.35 bits per heavy atom. The van der Waals surface area contributed by atoms with Gasteiger partial charge in [0.25, 0.3) is 0 Å². The molecule has 0 spiro atoms. The van der Waals surface area contributed by atoms with Gasteiger partial charge in [-0.25, -0.2) is 4.98 Å². The van der Waals surface area contributed by atoms with Gasteiger partial charge in [-0.15, -0.1) is 0 Å². The normalized spacial score (nSPS) is 26.6. The molecule has 0 aliphatic heterocycles. The summed E-state index contributed by atoms with van der Waals surface area (Å²) in [5, 5.41) is 4.75. The number of methoxy groups -OCH3 is 1. The molecule has 0 radical (unpaired) electrons. The summed E-state index contributed by atoms with van der Waals surface area (Å²) in [6.45, 7) is 5.24. The van der Waals surface area contributed by atoms with Crippen LogP contribution in [0.1, 0.15) is 108 Å². The van der Waals surface area contributed by atoms with Gasteiger partial charge in [0.05, 0.1) is 18.8 Å². The number of carbonyl (C=O) groups excluding carboxylic acids is 1. The molecule has 6 nitrogen and oxygen atoms in total. The van der Waals surface area contributed by atoms with Crippen LogP contribution in [0.25, 0.3) is 11.1 Å². The third kappa shape index (κ3) is 5.19. The van der Waals surface area contributed by atoms with Crippen molar-refractivity contribution in [1.29, 1.82) is 0 Å². The second-order valence-electron chi connectivity index (χ2n) is 14.7. The molecule has 5 saturated carbocycles. The summed E-state index contributed by atoms with van der Waals surface area (Å²) in [6, 6.07) is 11.0. The highest BCUT2D eigenvalue weighted by atomic mass is 16.5. The van der Waals surface area contributed by atoms with E-state index in [4.69, 9.17) is 14.8 Å². The average Bonchev–Trinajstić information content (AvgIpc) is 3.55. The number of nitrogens with zero attached hydrogens (tertiary/aromatic N) is 4. The van der Waals surface area contributed by atoms with Gasteiger partial charge in [0.15, 0.2) is 0 Å². The van der Waals surface area contributed by atoms with Crippen molar-refractivity contribution in [3.8, 4) is 16.9 Å². The second-order valence-corrected chi connectivity index (χ2v) is 14.7. The maximum Gasteiger partial charge on any atom is 0.231 e. The predicted octanol–water partition coefficient (Wildman–Crippen LogP) is 8.37. The highest BCUT2D eigenvalue weighted by Gasteiger charge is 2.50. The van der Waals surface area contributed by atoms with Crippen LogP contribution < -0.4 is 9.64 Å². The second kappa shape index (κ2) is 11.1. The number of anilines is 1. The summed E-state index contributed by atoms with van der Waals surface area (Å²) in [6.07, 6.45) is 22.3. The number of ether oxygens (including phenoxy) is 1. The number of aromatic nitrogens is 3. The van der Waals surface area contributed by atoms with Gasteiger partial charge < -0.3 is 4.74 Å². The van der Waals surface area contributed by atoms with Crippen molar-refractivity contribution in [2.45, 2.75) is 115 Å². The fraction of sp³-hybridized carbons (Fsp3) is 0.595. The minimum absolute atomic E-state index is 0.116. The summed E-state index contributed by atoms with van der Waals surface area (Å²) in [5.41, 5.74) is 5.45. The molecule has 5 fully saturated rings. The van der Waals surface area contributed by atoms with Crippen molar-refractivity contribution < 1.29 is 9.53 Å². The van der Waals surface area contributed by atoms with E-state index in [1.165, 1.54) is 56.1 Å². The maximum absolute atomic E-state index is 14.3. The molecule has 5 aliphatic carbocycles. The van der Waals surface area contributed by atoms with Crippen LogP contribution in [0.5, 0.6) is 5.75 Å². The minimum Gasteiger partial charge on any atom is -0.496 e. The number of carbonyl (C=O) groups is 1. The zero-order valence-corrected chi connectivity index (χ0v) is 26.4. The van der Waals surface area contributed by atoms with E-state index in [1.54, 1.807) is 7.11 Å². The van der Waals surface area contributed by atoms with Gasteiger partial charge >= 0.3 is 0 Å². The SMILES string of the molecule is COc1ccc(C23CCC(CN(C(=O)C4CCCCC4)c4cc(-c5cnn(C6(C)CCC6)c5)ccn4)(CC2)CC3)cc1C. The number of hydrogen-bond donors (Lipinski definition) is 0. The average molecular weight is 581 g/mol. The van der Waals surface area contributed by atoms with Crippen molar-refractivity contribution in [3.63, 3.8) is 0 Å². The molecule has 2 aromatic heterocycles. The molecule has 8 rings (SSSR count). The van der Waals surface area contributed by atoms with Crippen molar-refractivity contribution in [2.24, 2.45) is 11.3 Å². The minimum atomic E-state index is 0.116. The van der Waals surface area contributed by atoms with Crippen LogP contribution >= 0.6 is 0 Å². The molecule has 43 heavy (non-hydrogen) atoms. The van der Waals surface area contributed by atoms with E-state index in [0.29, 0.717) is 5.91 Å². The van der Waals surface area contributed by atoms with Crippen LogP contribution in [0.2, 0.25) is 0 Å². The lowest BCUT2D eigenvalue weighted by atomic mass is 9.51. The Morgan fingerprint density at radius 2 is 1.70 bits per heavy atom. The van der Waals surface area contributed by atoms with Crippen molar-refractivity contribution >= 4 is 11.7 Å². The van der Waals surface area contributed by atoms with E-state index in [1.807, 2.05) is 12.4 Å². The van der Waals surface area contributed by atoms with Gasteiger partial charge in [0, 0.05) is 30.4 Å². The molecule has 0 atom stereocenters. The fourth-order valence-electron chi connectivity index (χ4n) is 8.75. The van der Waals surface area contributed by atoms with Crippen molar-refractivity contribution in [2.75, 3.05) is 18.6 Å². The number of amides is 1. The molecule has 5 aliphatic rings. The van der Waals surface area contributed by atoms with Crippen LogP contribution in [0.15, 0.2) is 48.9 Å². The Kier molecular flexibility index (Phi) is 7.38. The first-order chi connectivity index (χ1) is 20.8. The summed E-state index contributed by atoms with van der Waals surface area (Å²) < 4.78 is 7.70. The highest BCUT2D eigenvalue weighted by molar-refractivity contribution is 5.95. The summed E-state index contributed by atoms with van der Waals surface area (Å²) in [5.74, 6) is 2.20. The molecule has 1 amide bonds. The molecule has 6 heteroatoms. The Hall–Kier alpha value is -3.15. The highest BCUT2D eigenvalue weighted by Crippen LogP contribution is 2.58. The van der Waals surface area contributed by atoms with E-state index in [-0.39, 0.29) is 22.3 Å². The Labute approximate surface area is 257 Å². The van der Waals surface area contributed by atoms with E-state index in [2.05, 4.69) is 60.0 Å². The lowest BCUT2D eigenvalue weighted by molar-refractivity contribution is -0.124. The fourth-order valence-corrected chi connectivity index (χ4v) is 8.75. The molecule has 0 unspecified atom stereocenters. The maximum atomic E-state index is 14.3. The first-order valence-electron chi connectivity index (χ1n) is 16.8. The van der Waals surface area contributed by atoms with Crippen molar-refractivity contribution in [3.05, 3.63) is 60.0 Å². The van der Waals surface area contributed by atoms with Crippen LogP contribution in [0.4, 0.5) is 5.82 Å². The quantitative estimate of drug-likeness (QED) is 0.269. The van der Waals surface area contributed by atoms with Gasteiger partial charge in [-0.05, 0) is 130 Å². The standard InChI is InChI=1S/C37H48N4O2/c1-27-22-31(10-11-32(27)43-3)37-18-15-36(16-19-37,17-20-37)26-40(34(42)28-8-5-4-6-9-28)33-23-29(12-21-38-33)30-24-39-41(25-30)35(2)13-7-14-35/h10-12,21-25,28H,4-9,13-20,26H2,1-3H3. The lowest BCUT2D eigenvalue weighted by Gasteiger charge is -2.55. The third-order valence-corrected chi connectivity index (χ3v) is 12.0. The van der Waals surface area contributed by atoms with Gasteiger partial charge in [0.1, 0.15) is 11.6 Å². The molecule has 0 saturated heterocycles. The Bertz CT molecular complexity index is 1460. The van der Waals surface area contributed by atoms with Crippen molar-refractivity contribution in [1.82, 2.24) is 14.8 Å². The van der Waals surface area contributed by atoms with Crippen LogP contribution in [-0.4, -0.2) is 34.3 Å². The molecule has 1 aromatic carbocycles. The number of hydrogen-bond acceptors (Lipinski definition) is 4. The topological polar surface area (TPSA) is 60.2 Å².